The third kappa shape index (κ3) is 0.944. The molecule has 4 rings (SSSR count). The Hall–Kier alpha value is -1.35. The highest BCUT2D eigenvalue weighted by atomic mass is 16.5. The molecule has 1 aromatic heterocycles. The fourth-order valence-electron chi connectivity index (χ4n) is 3.15. The number of aromatic nitrogens is 1. The number of hydrogen-bond donors (Lipinski definition) is 1. The lowest BCUT2D eigenvalue weighted by molar-refractivity contribution is 0.183. The lowest BCUT2D eigenvalue weighted by Crippen LogP contribution is -2.53. The second-order valence-corrected chi connectivity index (χ2v) is 5.31. The Kier molecular flexibility index (Phi) is 1.46. The van der Waals surface area contributed by atoms with Crippen molar-refractivity contribution < 1.29 is 4.52 Å². The summed E-state index contributed by atoms with van der Waals surface area (Å²) in [5, 5.41) is 8.64. The number of nitrogens with one attached hydrogen (secondary N) is 1. The summed E-state index contributed by atoms with van der Waals surface area (Å²) in [5.41, 5.74) is 5.38. The van der Waals surface area contributed by atoms with Crippen molar-refractivity contribution in [1.82, 2.24) is 10.5 Å². The number of fused-ring (bicyclic) bond motifs is 3. The maximum absolute atomic E-state index is 5.48. The van der Waals surface area contributed by atoms with E-state index < -0.39 is 0 Å². The molecule has 3 heteroatoms. The van der Waals surface area contributed by atoms with Crippen molar-refractivity contribution in [3.63, 3.8) is 0 Å². The average Bonchev–Trinajstić information content (AvgIpc) is 2.78. The average molecular weight is 214 g/mol. The zero-order valence-corrected chi connectivity index (χ0v) is 9.34. The largest absolute Gasteiger partial charge is 0.356 e. The molecule has 1 aliphatic carbocycles. The Morgan fingerprint density at radius 2 is 2.19 bits per heavy atom. The molecule has 1 aromatic carbocycles. The van der Waals surface area contributed by atoms with Crippen molar-refractivity contribution in [3.8, 4) is 0 Å². The van der Waals surface area contributed by atoms with E-state index in [2.05, 4.69) is 22.6 Å². The summed E-state index contributed by atoms with van der Waals surface area (Å²) in [4.78, 5) is 0. The number of hydrogen-bond acceptors (Lipinski definition) is 3. The van der Waals surface area contributed by atoms with E-state index in [0.29, 0.717) is 5.41 Å². The van der Waals surface area contributed by atoms with E-state index in [4.69, 9.17) is 4.52 Å². The quantitative estimate of drug-likeness (QED) is 0.727. The van der Waals surface area contributed by atoms with Crippen LogP contribution in [0.5, 0.6) is 0 Å². The molecule has 0 unspecified atom stereocenters. The van der Waals surface area contributed by atoms with E-state index in [0.717, 1.165) is 30.8 Å². The molecular weight excluding hydrogens is 200 g/mol. The van der Waals surface area contributed by atoms with Crippen molar-refractivity contribution in [1.29, 1.82) is 0 Å². The van der Waals surface area contributed by atoms with Gasteiger partial charge < -0.3 is 9.84 Å². The van der Waals surface area contributed by atoms with Crippen LogP contribution in [0.25, 0.3) is 11.0 Å². The zero-order valence-electron chi connectivity index (χ0n) is 9.34. The van der Waals surface area contributed by atoms with E-state index in [-0.39, 0.29) is 0 Å². The highest BCUT2D eigenvalue weighted by Crippen LogP contribution is 2.42. The van der Waals surface area contributed by atoms with Gasteiger partial charge in [0.05, 0.1) is 5.69 Å². The highest BCUT2D eigenvalue weighted by Gasteiger charge is 2.43. The van der Waals surface area contributed by atoms with Gasteiger partial charge in [0.25, 0.3) is 0 Å². The molecular formula is C13H14N2O. The first-order valence-electron chi connectivity index (χ1n) is 5.85. The van der Waals surface area contributed by atoms with E-state index >= 15 is 0 Å². The molecule has 1 spiro atoms. The molecule has 0 radical (unpaired) electrons. The first-order chi connectivity index (χ1) is 7.77. The molecule has 16 heavy (non-hydrogen) atoms. The number of benzene rings is 1. The van der Waals surface area contributed by atoms with Gasteiger partial charge in [0, 0.05) is 29.5 Å². The van der Waals surface area contributed by atoms with Crippen molar-refractivity contribution in [3.05, 3.63) is 29.0 Å². The van der Waals surface area contributed by atoms with E-state index in [1.165, 1.54) is 22.9 Å². The lowest BCUT2D eigenvalue weighted by Gasteiger charge is -2.39. The minimum atomic E-state index is 0.483. The van der Waals surface area contributed by atoms with Gasteiger partial charge in [-0.05, 0) is 31.4 Å². The van der Waals surface area contributed by atoms with Crippen LogP contribution in [-0.2, 0) is 12.8 Å². The number of rotatable bonds is 0. The van der Waals surface area contributed by atoms with E-state index in [1.807, 2.05) is 6.92 Å². The summed E-state index contributed by atoms with van der Waals surface area (Å²) in [6, 6.07) is 4.42. The topological polar surface area (TPSA) is 38.1 Å². The molecule has 3 nitrogen and oxygen atoms in total. The Morgan fingerprint density at radius 1 is 1.31 bits per heavy atom. The van der Waals surface area contributed by atoms with Crippen molar-refractivity contribution in [2.75, 3.05) is 13.1 Å². The molecule has 82 valence electrons. The second kappa shape index (κ2) is 2.66. The first kappa shape index (κ1) is 8.76. The van der Waals surface area contributed by atoms with Crippen LogP contribution in [0.1, 0.15) is 16.8 Å². The van der Waals surface area contributed by atoms with Crippen molar-refractivity contribution in [2.45, 2.75) is 19.8 Å². The summed E-state index contributed by atoms with van der Waals surface area (Å²) in [7, 11) is 0. The van der Waals surface area contributed by atoms with Crippen LogP contribution in [0.2, 0.25) is 0 Å². The summed E-state index contributed by atoms with van der Waals surface area (Å²) >= 11 is 0. The highest BCUT2D eigenvalue weighted by molar-refractivity contribution is 5.84. The van der Waals surface area contributed by atoms with Crippen LogP contribution in [-0.4, -0.2) is 18.2 Å². The van der Waals surface area contributed by atoms with E-state index in [1.54, 1.807) is 0 Å². The first-order valence-corrected chi connectivity index (χ1v) is 5.85. The smallest absolute Gasteiger partial charge is 0.170 e. The molecule has 1 fully saturated rings. The maximum Gasteiger partial charge on any atom is 0.170 e. The van der Waals surface area contributed by atoms with Crippen molar-refractivity contribution in [2.24, 2.45) is 5.41 Å². The van der Waals surface area contributed by atoms with Gasteiger partial charge in [-0.25, -0.2) is 0 Å². The van der Waals surface area contributed by atoms with Crippen LogP contribution in [0.15, 0.2) is 16.7 Å². The molecule has 1 aliphatic heterocycles. The molecule has 0 amide bonds. The molecule has 0 atom stereocenters. The molecule has 2 heterocycles. The minimum Gasteiger partial charge on any atom is -0.356 e. The van der Waals surface area contributed by atoms with Gasteiger partial charge in [-0.1, -0.05) is 11.2 Å². The van der Waals surface area contributed by atoms with Crippen LogP contribution >= 0.6 is 0 Å². The third-order valence-electron chi connectivity index (χ3n) is 4.14. The Morgan fingerprint density at radius 3 is 2.94 bits per heavy atom. The maximum atomic E-state index is 5.48. The Bertz CT molecular complexity index is 581. The zero-order chi connectivity index (χ0) is 10.8. The van der Waals surface area contributed by atoms with Crippen molar-refractivity contribution >= 4 is 11.0 Å². The fourth-order valence-corrected chi connectivity index (χ4v) is 3.15. The molecule has 1 N–H and O–H groups in total. The van der Waals surface area contributed by atoms with Gasteiger partial charge in [-0.15, -0.1) is 0 Å². The fraction of sp³-hybridized carbons (Fsp3) is 0.462. The minimum absolute atomic E-state index is 0.483. The molecule has 2 aliphatic rings. The van der Waals surface area contributed by atoms with Gasteiger partial charge in [-0.2, -0.15) is 0 Å². The van der Waals surface area contributed by atoms with Gasteiger partial charge in [0.2, 0.25) is 0 Å². The summed E-state index contributed by atoms with van der Waals surface area (Å²) in [5.74, 6) is 0. The molecule has 1 saturated heterocycles. The van der Waals surface area contributed by atoms with Crippen LogP contribution in [0, 0.1) is 12.3 Å². The Labute approximate surface area is 93.8 Å². The number of nitrogens with zero attached hydrogens (tertiary/aromatic N) is 1. The lowest BCUT2D eigenvalue weighted by atomic mass is 9.79. The second-order valence-electron chi connectivity index (χ2n) is 5.31. The summed E-state index contributed by atoms with van der Waals surface area (Å²) < 4.78 is 5.48. The normalized spacial score (nSPS) is 21.3. The SMILES string of the molecule is Cc1noc2c3c(ccc12)CC1(CNC1)C3. The monoisotopic (exact) mass is 214 g/mol. The van der Waals surface area contributed by atoms with Crippen LogP contribution in [0.3, 0.4) is 0 Å². The number of aryl methyl sites for hydroxylation is 1. The summed E-state index contributed by atoms with van der Waals surface area (Å²) in [6.07, 6.45) is 2.35. The van der Waals surface area contributed by atoms with E-state index in [9.17, 15) is 0 Å². The molecule has 0 bridgehead atoms. The van der Waals surface area contributed by atoms with Gasteiger partial charge in [0.1, 0.15) is 0 Å². The predicted molar refractivity (Wildman–Crippen MR) is 61.5 cm³/mol. The molecule has 0 saturated carbocycles. The van der Waals surface area contributed by atoms with Gasteiger partial charge in [0.15, 0.2) is 5.58 Å². The predicted octanol–water partition coefficient (Wildman–Crippen LogP) is 1.82. The van der Waals surface area contributed by atoms with Crippen LogP contribution < -0.4 is 5.32 Å². The molecule has 2 aromatic rings. The van der Waals surface area contributed by atoms with Gasteiger partial charge >= 0.3 is 0 Å². The third-order valence-corrected chi connectivity index (χ3v) is 4.14. The van der Waals surface area contributed by atoms with Crippen LogP contribution in [0.4, 0.5) is 0 Å². The van der Waals surface area contributed by atoms with Gasteiger partial charge in [-0.3, -0.25) is 0 Å². The summed E-state index contributed by atoms with van der Waals surface area (Å²) in [6.45, 7) is 4.31. The Balaban J connectivity index is 1.94. The standard InChI is InChI=1S/C13H14N2O/c1-8-10-3-2-9-4-13(6-14-7-13)5-11(9)12(10)16-15-8/h2-3,14H,4-7H2,1H3.